The third-order valence-electron chi connectivity index (χ3n) is 3.10. The first-order valence-corrected chi connectivity index (χ1v) is 5.85. The van der Waals surface area contributed by atoms with Gasteiger partial charge in [0.1, 0.15) is 11.4 Å². The zero-order valence-corrected chi connectivity index (χ0v) is 10.0. The molecule has 0 radical (unpaired) electrons. The first kappa shape index (κ1) is 12.5. The molecule has 0 bridgehead atoms. The van der Waals surface area contributed by atoms with Gasteiger partial charge in [0.25, 0.3) is 0 Å². The Morgan fingerprint density at radius 1 is 1.53 bits per heavy atom. The van der Waals surface area contributed by atoms with Gasteiger partial charge in [-0.1, -0.05) is 12.1 Å². The van der Waals surface area contributed by atoms with Crippen molar-refractivity contribution < 1.29 is 14.2 Å². The van der Waals surface area contributed by atoms with E-state index in [4.69, 9.17) is 4.74 Å². The number of aliphatic hydroxyl groups is 1. The largest absolute Gasteiger partial charge is 0.386 e. The van der Waals surface area contributed by atoms with Crippen LogP contribution in [0.15, 0.2) is 18.2 Å². The van der Waals surface area contributed by atoms with E-state index in [9.17, 15) is 9.50 Å². The molecule has 17 heavy (non-hydrogen) atoms. The third-order valence-corrected chi connectivity index (χ3v) is 3.10. The lowest BCUT2D eigenvalue weighted by Gasteiger charge is -2.20. The molecule has 1 aliphatic rings. The van der Waals surface area contributed by atoms with E-state index in [2.05, 4.69) is 5.32 Å². The summed E-state index contributed by atoms with van der Waals surface area (Å²) >= 11 is 0. The highest BCUT2D eigenvalue weighted by Gasteiger charge is 2.31. The van der Waals surface area contributed by atoms with E-state index in [0.717, 1.165) is 5.56 Å². The molecule has 0 spiro atoms. The Labute approximate surface area is 101 Å². The van der Waals surface area contributed by atoms with E-state index in [-0.39, 0.29) is 5.82 Å². The monoisotopic (exact) mass is 239 g/mol. The van der Waals surface area contributed by atoms with E-state index < -0.39 is 5.60 Å². The van der Waals surface area contributed by atoms with Crippen molar-refractivity contribution in [3.8, 4) is 0 Å². The summed E-state index contributed by atoms with van der Waals surface area (Å²) in [5, 5.41) is 13.1. The molecule has 2 N–H and O–H groups in total. The number of ether oxygens (including phenoxy) is 1. The fourth-order valence-corrected chi connectivity index (χ4v) is 1.92. The van der Waals surface area contributed by atoms with Gasteiger partial charge in [-0.15, -0.1) is 0 Å². The number of halogens is 1. The van der Waals surface area contributed by atoms with Crippen molar-refractivity contribution >= 4 is 0 Å². The van der Waals surface area contributed by atoms with Crippen LogP contribution in [0.5, 0.6) is 0 Å². The average Bonchev–Trinajstić information content (AvgIpc) is 2.71. The van der Waals surface area contributed by atoms with Crippen LogP contribution in [0.2, 0.25) is 0 Å². The molecule has 3 nitrogen and oxygen atoms in total. The number of hydrogen-bond donors (Lipinski definition) is 2. The molecule has 1 aromatic rings. The van der Waals surface area contributed by atoms with E-state index >= 15 is 0 Å². The summed E-state index contributed by atoms with van der Waals surface area (Å²) in [6.45, 7) is 3.76. The maximum atomic E-state index is 13.3. The number of nitrogens with one attached hydrogen (secondary N) is 1. The summed E-state index contributed by atoms with van der Waals surface area (Å²) in [6.07, 6.45) is 0.655. The minimum atomic E-state index is -0.761. The van der Waals surface area contributed by atoms with Gasteiger partial charge in [-0.25, -0.2) is 4.39 Å². The zero-order valence-electron chi connectivity index (χ0n) is 10.0. The van der Waals surface area contributed by atoms with Crippen molar-refractivity contribution in [1.29, 1.82) is 0 Å². The second-order valence-electron chi connectivity index (χ2n) is 4.71. The smallest absolute Gasteiger partial charge is 0.126 e. The van der Waals surface area contributed by atoms with Gasteiger partial charge in [0.2, 0.25) is 0 Å². The lowest BCUT2D eigenvalue weighted by atomic mass is 10.0. The van der Waals surface area contributed by atoms with E-state index in [1.54, 1.807) is 13.0 Å². The maximum Gasteiger partial charge on any atom is 0.126 e. The second kappa shape index (κ2) is 5.12. The molecule has 1 atom stereocenters. The van der Waals surface area contributed by atoms with Crippen LogP contribution in [-0.2, 0) is 11.3 Å². The highest BCUT2D eigenvalue weighted by molar-refractivity contribution is 5.23. The van der Waals surface area contributed by atoms with Crippen LogP contribution in [0, 0.1) is 12.7 Å². The Morgan fingerprint density at radius 2 is 2.35 bits per heavy atom. The molecule has 2 rings (SSSR count). The number of benzene rings is 1. The SMILES string of the molecule is Cc1ccc(CNCC2(O)CCOC2)cc1F. The molecule has 94 valence electrons. The van der Waals surface area contributed by atoms with Gasteiger partial charge >= 0.3 is 0 Å². The average molecular weight is 239 g/mol. The van der Waals surface area contributed by atoms with Crippen LogP contribution in [0.25, 0.3) is 0 Å². The summed E-state index contributed by atoms with van der Waals surface area (Å²) in [5.41, 5.74) is 0.774. The Morgan fingerprint density at radius 3 is 3.00 bits per heavy atom. The summed E-state index contributed by atoms with van der Waals surface area (Å²) in [5.74, 6) is -0.188. The third kappa shape index (κ3) is 3.25. The van der Waals surface area contributed by atoms with Crippen molar-refractivity contribution in [3.05, 3.63) is 35.1 Å². The molecule has 1 saturated heterocycles. The summed E-state index contributed by atoms with van der Waals surface area (Å²) in [7, 11) is 0. The lowest BCUT2D eigenvalue weighted by molar-refractivity contribution is 0.0268. The molecule has 1 aliphatic heterocycles. The van der Waals surface area contributed by atoms with Crippen molar-refractivity contribution in [2.75, 3.05) is 19.8 Å². The maximum absolute atomic E-state index is 13.3. The van der Waals surface area contributed by atoms with Gasteiger partial charge in [-0.2, -0.15) is 0 Å². The molecular weight excluding hydrogens is 221 g/mol. The molecule has 4 heteroatoms. The minimum absolute atomic E-state index is 0.188. The van der Waals surface area contributed by atoms with Crippen LogP contribution in [0.4, 0.5) is 4.39 Å². The van der Waals surface area contributed by atoms with Crippen molar-refractivity contribution in [2.45, 2.75) is 25.5 Å². The molecule has 1 heterocycles. The van der Waals surface area contributed by atoms with Crippen molar-refractivity contribution in [2.24, 2.45) is 0 Å². The van der Waals surface area contributed by atoms with Gasteiger partial charge < -0.3 is 15.2 Å². The van der Waals surface area contributed by atoms with Crippen LogP contribution in [-0.4, -0.2) is 30.5 Å². The van der Waals surface area contributed by atoms with E-state index in [1.165, 1.54) is 6.07 Å². The summed E-state index contributed by atoms with van der Waals surface area (Å²) in [6, 6.07) is 5.18. The topological polar surface area (TPSA) is 41.5 Å². The predicted octanol–water partition coefficient (Wildman–Crippen LogP) is 1.38. The fraction of sp³-hybridized carbons (Fsp3) is 0.538. The Bertz CT molecular complexity index is 389. The quantitative estimate of drug-likeness (QED) is 0.834. The van der Waals surface area contributed by atoms with Gasteiger partial charge in [-0.3, -0.25) is 0 Å². The minimum Gasteiger partial charge on any atom is -0.386 e. The Balaban J connectivity index is 1.83. The Hall–Kier alpha value is -0.970. The van der Waals surface area contributed by atoms with Crippen molar-refractivity contribution in [3.63, 3.8) is 0 Å². The number of rotatable bonds is 4. The highest BCUT2D eigenvalue weighted by atomic mass is 19.1. The van der Waals surface area contributed by atoms with Crippen molar-refractivity contribution in [1.82, 2.24) is 5.32 Å². The summed E-state index contributed by atoms with van der Waals surface area (Å²) in [4.78, 5) is 0. The molecule has 0 saturated carbocycles. The molecule has 0 amide bonds. The first-order valence-electron chi connectivity index (χ1n) is 5.85. The Kier molecular flexibility index (Phi) is 3.76. The van der Waals surface area contributed by atoms with Gasteiger partial charge in [0.15, 0.2) is 0 Å². The van der Waals surface area contributed by atoms with Crippen LogP contribution in [0.1, 0.15) is 17.5 Å². The standard InChI is InChI=1S/C13H18FNO2/c1-10-2-3-11(6-12(10)14)7-15-8-13(16)4-5-17-9-13/h2-3,6,15-16H,4-5,7-9H2,1H3. The predicted molar refractivity (Wildman–Crippen MR) is 63.2 cm³/mol. The second-order valence-corrected chi connectivity index (χ2v) is 4.71. The first-order chi connectivity index (χ1) is 8.09. The highest BCUT2D eigenvalue weighted by Crippen LogP contribution is 2.17. The van der Waals surface area contributed by atoms with E-state index in [0.29, 0.717) is 38.3 Å². The van der Waals surface area contributed by atoms with Gasteiger partial charge in [-0.05, 0) is 24.1 Å². The molecule has 1 unspecified atom stereocenters. The zero-order chi connectivity index (χ0) is 12.3. The lowest BCUT2D eigenvalue weighted by Crippen LogP contribution is -2.40. The van der Waals surface area contributed by atoms with Crippen LogP contribution in [0.3, 0.4) is 0 Å². The molecule has 1 fully saturated rings. The normalized spacial score (nSPS) is 24.2. The number of aryl methyl sites for hydroxylation is 1. The number of hydrogen-bond acceptors (Lipinski definition) is 3. The van der Waals surface area contributed by atoms with Gasteiger partial charge in [0, 0.05) is 26.1 Å². The summed E-state index contributed by atoms with van der Waals surface area (Å²) < 4.78 is 18.4. The van der Waals surface area contributed by atoms with Gasteiger partial charge in [0.05, 0.1) is 6.61 Å². The molecule has 0 aliphatic carbocycles. The molecule has 1 aromatic carbocycles. The van der Waals surface area contributed by atoms with E-state index in [1.807, 2.05) is 6.07 Å². The fourth-order valence-electron chi connectivity index (χ4n) is 1.92. The van der Waals surface area contributed by atoms with Crippen LogP contribution < -0.4 is 5.32 Å². The molecular formula is C13H18FNO2. The molecule has 0 aromatic heterocycles. The van der Waals surface area contributed by atoms with Crippen LogP contribution >= 0.6 is 0 Å².